The topological polar surface area (TPSA) is 98.8 Å². The molecule has 8 heteroatoms. The highest BCUT2D eigenvalue weighted by molar-refractivity contribution is 6.04. The lowest BCUT2D eigenvalue weighted by Gasteiger charge is -2.13. The molecule has 0 bridgehead atoms. The molecule has 0 radical (unpaired) electrons. The van der Waals surface area contributed by atoms with Gasteiger partial charge in [-0.2, -0.15) is 0 Å². The van der Waals surface area contributed by atoms with Crippen LogP contribution in [0.5, 0.6) is 0 Å². The first-order valence-corrected chi connectivity index (χ1v) is 15.4. The van der Waals surface area contributed by atoms with Gasteiger partial charge in [-0.25, -0.2) is 9.78 Å². The molecule has 0 atom stereocenters. The van der Waals surface area contributed by atoms with Crippen molar-refractivity contribution in [2.24, 2.45) is 0 Å². The Morgan fingerprint density at radius 2 is 1.70 bits per heavy atom. The van der Waals surface area contributed by atoms with Crippen LogP contribution in [0.2, 0.25) is 0 Å². The van der Waals surface area contributed by atoms with E-state index >= 15 is 0 Å². The summed E-state index contributed by atoms with van der Waals surface area (Å²) in [5.74, 6) is -0.162. The molecule has 0 saturated carbocycles. The zero-order valence-corrected chi connectivity index (χ0v) is 24.9. The highest BCUT2D eigenvalue weighted by Crippen LogP contribution is 2.28. The second kappa shape index (κ2) is 12.0. The maximum absolute atomic E-state index is 13.1. The number of H-pyrrole nitrogens is 2. The smallest absolute Gasteiger partial charge is 0.322 e. The van der Waals surface area contributed by atoms with Gasteiger partial charge in [0.1, 0.15) is 0 Å². The number of para-hydroxylation sites is 1. The van der Waals surface area contributed by atoms with Crippen LogP contribution in [0.25, 0.3) is 38.9 Å². The summed E-state index contributed by atoms with van der Waals surface area (Å²) in [7, 11) is 0. The number of rotatable bonds is 9. The highest BCUT2D eigenvalue weighted by Gasteiger charge is 2.14. The number of hydrogen-bond acceptors (Lipinski definition) is 4. The fourth-order valence-electron chi connectivity index (χ4n) is 6.38. The normalized spacial score (nSPS) is 13.7. The van der Waals surface area contributed by atoms with Crippen molar-refractivity contribution in [2.75, 3.05) is 25.0 Å². The molecule has 0 unspecified atom stereocenters. The molecule has 44 heavy (non-hydrogen) atoms. The van der Waals surface area contributed by atoms with Crippen molar-refractivity contribution in [3.05, 3.63) is 112 Å². The largest absolute Gasteiger partial charge is 0.325 e. The summed E-state index contributed by atoms with van der Waals surface area (Å²) < 4.78 is 2.24. The molecule has 222 valence electrons. The van der Waals surface area contributed by atoms with Crippen LogP contribution in [-0.2, 0) is 6.42 Å². The zero-order chi connectivity index (χ0) is 30.0. The summed E-state index contributed by atoms with van der Waals surface area (Å²) in [6, 6.07) is 25.9. The number of likely N-dealkylation sites (tertiary alicyclic amines) is 1. The van der Waals surface area contributed by atoms with Crippen molar-refractivity contribution in [2.45, 2.75) is 39.0 Å². The van der Waals surface area contributed by atoms with E-state index in [0.717, 1.165) is 28.9 Å². The number of nitrogens with one attached hydrogen (secondary N) is 3. The van der Waals surface area contributed by atoms with E-state index in [1.54, 1.807) is 0 Å². The molecule has 1 saturated heterocycles. The third kappa shape index (κ3) is 5.68. The van der Waals surface area contributed by atoms with Gasteiger partial charge >= 0.3 is 5.69 Å². The average molecular weight is 585 g/mol. The van der Waals surface area contributed by atoms with Gasteiger partial charge in [-0.3, -0.25) is 9.78 Å². The monoisotopic (exact) mass is 584 g/mol. The van der Waals surface area contributed by atoms with E-state index in [1.807, 2.05) is 61.5 Å². The molecule has 4 heterocycles. The zero-order valence-electron chi connectivity index (χ0n) is 24.9. The number of aromatic nitrogens is 4. The number of aryl methyl sites for hydroxylation is 2. The summed E-state index contributed by atoms with van der Waals surface area (Å²) in [4.78, 5) is 37.3. The van der Waals surface area contributed by atoms with Gasteiger partial charge in [-0.1, -0.05) is 30.3 Å². The third-order valence-corrected chi connectivity index (χ3v) is 8.72. The van der Waals surface area contributed by atoms with Gasteiger partial charge in [-0.15, -0.1) is 0 Å². The first-order chi connectivity index (χ1) is 21.5. The molecule has 3 aromatic heterocycles. The van der Waals surface area contributed by atoms with Crippen LogP contribution >= 0.6 is 0 Å². The van der Waals surface area contributed by atoms with E-state index in [9.17, 15) is 9.59 Å². The van der Waals surface area contributed by atoms with Gasteiger partial charge in [0.25, 0.3) is 5.91 Å². The molecule has 8 nitrogen and oxygen atoms in total. The molecular weight excluding hydrogens is 548 g/mol. The van der Waals surface area contributed by atoms with E-state index in [0.29, 0.717) is 22.4 Å². The number of unbranched alkanes of at least 4 members (excludes halogenated alkanes) is 1. The van der Waals surface area contributed by atoms with Crippen LogP contribution in [0.3, 0.4) is 0 Å². The minimum atomic E-state index is -0.278. The molecule has 3 aromatic carbocycles. The fourth-order valence-corrected chi connectivity index (χ4v) is 6.38. The van der Waals surface area contributed by atoms with E-state index in [4.69, 9.17) is 0 Å². The molecule has 1 fully saturated rings. The van der Waals surface area contributed by atoms with Crippen LogP contribution in [0.1, 0.15) is 47.3 Å². The first kappa shape index (κ1) is 27.9. The molecule has 6 aromatic rings. The van der Waals surface area contributed by atoms with Gasteiger partial charge in [0.15, 0.2) is 5.65 Å². The average Bonchev–Trinajstić information content (AvgIpc) is 3.78. The first-order valence-electron chi connectivity index (χ1n) is 15.4. The summed E-state index contributed by atoms with van der Waals surface area (Å²) in [5, 5.41) is 4.31. The fraction of sp³-hybridized carbons (Fsp3) is 0.250. The number of nitrogens with zero attached hydrogens (tertiary/aromatic N) is 3. The van der Waals surface area contributed by atoms with Crippen LogP contribution < -0.4 is 11.0 Å². The van der Waals surface area contributed by atoms with Gasteiger partial charge in [-0.05, 0) is 118 Å². The number of pyridine rings is 1. The van der Waals surface area contributed by atoms with Crippen molar-refractivity contribution in [3.8, 4) is 16.8 Å². The maximum Gasteiger partial charge on any atom is 0.325 e. The predicted molar refractivity (Wildman–Crippen MR) is 177 cm³/mol. The van der Waals surface area contributed by atoms with Crippen molar-refractivity contribution in [1.82, 2.24) is 24.4 Å². The number of imidazole rings is 1. The van der Waals surface area contributed by atoms with Crippen LogP contribution in [0, 0.1) is 6.92 Å². The van der Waals surface area contributed by atoms with Gasteiger partial charge in [0, 0.05) is 39.8 Å². The number of hydrogen-bond donors (Lipinski definition) is 3. The van der Waals surface area contributed by atoms with Gasteiger partial charge in [0.05, 0.1) is 11.0 Å². The molecule has 1 amide bonds. The predicted octanol–water partition coefficient (Wildman–Crippen LogP) is 6.84. The number of aromatic amines is 2. The number of benzene rings is 3. The molecule has 0 aliphatic carbocycles. The number of carbonyl (C=O) groups excluding carboxylic acids is 1. The SMILES string of the molecule is Cc1nc2[nH]c(=O)[nH]c2cc1-c1ccc(NC(=O)c2ccc(-n3cc(CCCCN4CCCC4)c4ccccc43)cc2)cc1. The van der Waals surface area contributed by atoms with E-state index in [2.05, 4.69) is 60.2 Å². The number of fused-ring (bicyclic) bond motifs is 2. The van der Waals surface area contributed by atoms with Gasteiger partial charge in [0.2, 0.25) is 0 Å². The summed E-state index contributed by atoms with van der Waals surface area (Å²) in [5.41, 5.74) is 8.50. The van der Waals surface area contributed by atoms with Crippen molar-refractivity contribution >= 4 is 33.7 Å². The standard InChI is InChI=1S/C36H36N6O2/c1-24-31(22-32-34(37-24)40-36(44)39-32)25-11-15-28(16-12-25)38-35(43)26-13-17-29(18-14-26)42-23-27(30-9-2-3-10-33(30)42)8-4-5-19-41-20-6-7-21-41/h2-3,9-18,22-23H,4-8,19-21H2,1H3,(H,38,43)(H2,37,39,40,44). The van der Waals surface area contributed by atoms with Crippen molar-refractivity contribution in [1.29, 1.82) is 0 Å². The molecule has 3 N–H and O–H groups in total. The Bertz CT molecular complexity index is 1990. The minimum absolute atomic E-state index is 0.162. The molecule has 0 spiro atoms. The van der Waals surface area contributed by atoms with Crippen LogP contribution in [0.4, 0.5) is 5.69 Å². The lowest BCUT2D eigenvalue weighted by Crippen LogP contribution is -2.20. The quantitative estimate of drug-likeness (QED) is 0.162. The highest BCUT2D eigenvalue weighted by atomic mass is 16.1. The Morgan fingerprint density at radius 1 is 0.932 bits per heavy atom. The Balaban J connectivity index is 1.03. The Labute approximate surface area is 255 Å². The van der Waals surface area contributed by atoms with E-state index in [1.165, 1.54) is 61.8 Å². The summed E-state index contributed by atoms with van der Waals surface area (Å²) in [6.45, 7) is 5.63. The number of anilines is 1. The lowest BCUT2D eigenvalue weighted by molar-refractivity contribution is 0.102. The van der Waals surface area contributed by atoms with Crippen LogP contribution in [-0.4, -0.2) is 50.0 Å². The maximum atomic E-state index is 13.1. The molecular formula is C36H36N6O2. The summed E-state index contributed by atoms with van der Waals surface area (Å²) in [6.07, 6.45) is 8.43. The summed E-state index contributed by atoms with van der Waals surface area (Å²) >= 11 is 0. The molecule has 1 aliphatic rings. The van der Waals surface area contributed by atoms with E-state index in [-0.39, 0.29) is 11.6 Å². The Kier molecular flexibility index (Phi) is 7.58. The number of carbonyl (C=O) groups is 1. The third-order valence-electron chi connectivity index (χ3n) is 8.72. The van der Waals surface area contributed by atoms with Crippen LogP contribution in [0.15, 0.2) is 89.9 Å². The van der Waals surface area contributed by atoms with Crippen molar-refractivity contribution in [3.63, 3.8) is 0 Å². The molecule has 1 aliphatic heterocycles. The Hall–Kier alpha value is -4.95. The second-order valence-electron chi connectivity index (χ2n) is 11.7. The number of amides is 1. The molecule has 7 rings (SSSR count). The van der Waals surface area contributed by atoms with Gasteiger partial charge < -0.3 is 19.8 Å². The Morgan fingerprint density at radius 3 is 2.50 bits per heavy atom. The minimum Gasteiger partial charge on any atom is -0.322 e. The van der Waals surface area contributed by atoms with E-state index < -0.39 is 0 Å². The lowest BCUT2D eigenvalue weighted by atomic mass is 10.0. The second-order valence-corrected chi connectivity index (χ2v) is 11.7. The van der Waals surface area contributed by atoms with Crippen molar-refractivity contribution < 1.29 is 4.79 Å².